The number of benzene rings is 2. The Morgan fingerprint density at radius 1 is 0.860 bits per heavy atom. The van der Waals surface area contributed by atoms with Gasteiger partial charge in [-0.3, -0.25) is 24.5 Å². The molecule has 14 heteroatoms. The Morgan fingerprint density at radius 2 is 1.48 bits per heavy atom. The van der Waals surface area contributed by atoms with E-state index in [0.29, 0.717) is 82.5 Å². The molecule has 3 saturated heterocycles. The van der Waals surface area contributed by atoms with Crippen molar-refractivity contribution in [1.29, 1.82) is 0 Å². The Labute approximate surface area is 300 Å². The molecule has 2 atom stereocenters. The fraction of sp³-hybridized carbons (Fsp3) is 0.389. The number of ether oxygens (including phenoxy) is 2. The van der Waals surface area contributed by atoms with Crippen molar-refractivity contribution in [3.8, 4) is 45.4 Å². The predicted octanol–water partition coefficient (Wildman–Crippen LogP) is 4.81. The molecular formula is C36H38Cl2N8O4. The van der Waals surface area contributed by atoms with Gasteiger partial charge >= 0.3 is 0 Å². The first-order valence-electron chi connectivity index (χ1n) is 16.7. The number of amides is 2. The molecule has 50 heavy (non-hydrogen) atoms. The Balaban J connectivity index is 1.10. The number of likely N-dealkylation sites (tertiary alicyclic amines) is 1. The molecule has 4 aromatic rings. The molecule has 3 aliphatic rings. The highest BCUT2D eigenvalue weighted by atomic mass is 35.5. The molecule has 1 spiro atoms. The van der Waals surface area contributed by atoms with Crippen LogP contribution in [0.2, 0.25) is 10.0 Å². The minimum absolute atomic E-state index is 0.0816. The van der Waals surface area contributed by atoms with Crippen LogP contribution in [0.25, 0.3) is 33.6 Å². The monoisotopic (exact) mass is 716 g/mol. The van der Waals surface area contributed by atoms with Crippen LogP contribution >= 0.6 is 23.2 Å². The lowest BCUT2D eigenvalue weighted by atomic mass is 9.97. The van der Waals surface area contributed by atoms with E-state index in [1.807, 2.05) is 36.4 Å². The van der Waals surface area contributed by atoms with Crippen LogP contribution in [0.5, 0.6) is 11.8 Å². The molecule has 260 valence electrons. The largest absolute Gasteiger partial charge is 0.480 e. The maximum Gasteiger partial charge on any atom is 0.237 e. The number of hydrogen-bond donors (Lipinski definition) is 3. The molecule has 2 aromatic carbocycles. The number of hydrogen-bond acceptors (Lipinski definition) is 10. The van der Waals surface area contributed by atoms with E-state index in [9.17, 15) is 9.59 Å². The van der Waals surface area contributed by atoms with Gasteiger partial charge in [0, 0.05) is 73.9 Å². The molecular weight excluding hydrogens is 679 g/mol. The van der Waals surface area contributed by atoms with E-state index in [4.69, 9.17) is 47.6 Å². The first-order chi connectivity index (χ1) is 24.3. The maximum absolute atomic E-state index is 11.9. The fourth-order valence-corrected chi connectivity index (χ4v) is 7.72. The molecule has 3 N–H and O–H groups in total. The van der Waals surface area contributed by atoms with Crippen molar-refractivity contribution in [2.45, 2.75) is 56.8 Å². The smallest absolute Gasteiger partial charge is 0.237 e. The molecule has 2 aromatic heterocycles. The van der Waals surface area contributed by atoms with Gasteiger partial charge in [-0.1, -0.05) is 59.6 Å². The molecule has 0 bridgehead atoms. The van der Waals surface area contributed by atoms with Crippen molar-refractivity contribution in [3.05, 3.63) is 70.2 Å². The van der Waals surface area contributed by atoms with Gasteiger partial charge in [0.25, 0.3) is 0 Å². The van der Waals surface area contributed by atoms with Crippen molar-refractivity contribution in [2.75, 3.05) is 33.9 Å². The van der Waals surface area contributed by atoms with E-state index in [0.717, 1.165) is 49.2 Å². The molecule has 0 radical (unpaired) electrons. The van der Waals surface area contributed by atoms with E-state index >= 15 is 0 Å². The molecule has 0 saturated carbocycles. The van der Waals surface area contributed by atoms with Gasteiger partial charge in [0.2, 0.25) is 23.6 Å². The number of halogens is 2. The van der Waals surface area contributed by atoms with E-state index < -0.39 is 0 Å². The lowest BCUT2D eigenvalue weighted by Crippen LogP contribution is -2.43. The normalized spacial score (nSPS) is 20.4. The zero-order chi connectivity index (χ0) is 34.8. The second-order valence-corrected chi connectivity index (χ2v) is 13.7. The van der Waals surface area contributed by atoms with E-state index in [2.05, 4.69) is 25.8 Å². The van der Waals surface area contributed by atoms with Crippen molar-refractivity contribution >= 4 is 35.0 Å². The third kappa shape index (κ3) is 6.98. The summed E-state index contributed by atoms with van der Waals surface area (Å²) in [5, 5.41) is 10.4. The van der Waals surface area contributed by atoms with Gasteiger partial charge in [0.1, 0.15) is 11.4 Å². The second-order valence-electron chi connectivity index (χ2n) is 13.0. The summed E-state index contributed by atoms with van der Waals surface area (Å²) in [6, 6.07) is 11.5. The third-order valence-electron chi connectivity index (χ3n) is 9.66. The average Bonchev–Trinajstić information content (AvgIpc) is 3.84. The number of rotatable bonds is 11. The van der Waals surface area contributed by atoms with Crippen LogP contribution in [0.3, 0.4) is 0 Å². The number of carbonyl (C=O) groups excluding carboxylic acids is 2. The number of nitrogens with zero attached hydrogens (tertiary/aromatic N) is 5. The van der Waals surface area contributed by atoms with Crippen molar-refractivity contribution in [1.82, 2.24) is 40.8 Å². The molecule has 0 aliphatic carbocycles. The van der Waals surface area contributed by atoms with Crippen molar-refractivity contribution < 1.29 is 19.1 Å². The quantitative estimate of drug-likeness (QED) is 0.198. The van der Waals surface area contributed by atoms with Gasteiger partial charge in [0.05, 0.1) is 53.6 Å². The van der Waals surface area contributed by atoms with Gasteiger partial charge in [-0.15, -0.1) is 0 Å². The minimum atomic E-state index is -0.138. The summed E-state index contributed by atoms with van der Waals surface area (Å²) >= 11 is 14.2. The highest BCUT2D eigenvalue weighted by molar-refractivity contribution is 6.39. The third-order valence-corrected chi connectivity index (χ3v) is 10.5. The molecule has 3 aliphatic heterocycles. The lowest BCUT2D eigenvalue weighted by Gasteiger charge is -2.24. The van der Waals surface area contributed by atoms with E-state index in [1.54, 1.807) is 26.6 Å². The SMILES string of the molecule is COc1nc(-c2cccc(-c3cccc(-c4cnc(CN5CCC6(CCC(=O)N6)C5)c(OC)n4)c3Cl)c2Cl)cnc1CNCC1CCC(=O)N1. The second kappa shape index (κ2) is 14.5. The Morgan fingerprint density at radius 3 is 2.06 bits per heavy atom. The Bertz CT molecular complexity index is 1940. The maximum atomic E-state index is 11.9. The summed E-state index contributed by atoms with van der Waals surface area (Å²) in [5.74, 6) is 1.02. The van der Waals surface area contributed by atoms with E-state index in [-0.39, 0.29) is 23.4 Å². The summed E-state index contributed by atoms with van der Waals surface area (Å²) in [4.78, 5) is 44.6. The van der Waals surface area contributed by atoms with E-state index in [1.165, 1.54) is 0 Å². The Hall–Kier alpha value is -4.36. The van der Waals surface area contributed by atoms with Crippen molar-refractivity contribution in [2.24, 2.45) is 0 Å². The topological polar surface area (TPSA) is 143 Å². The molecule has 3 fully saturated rings. The van der Waals surface area contributed by atoms with Crippen LogP contribution in [0, 0.1) is 0 Å². The van der Waals surface area contributed by atoms with Gasteiger partial charge in [-0.2, -0.15) is 0 Å². The molecule has 2 amide bonds. The predicted molar refractivity (Wildman–Crippen MR) is 190 cm³/mol. The number of methoxy groups -OCH3 is 2. The average molecular weight is 718 g/mol. The summed E-state index contributed by atoms with van der Waals surface area (Å²) in [6.07, 6.45) is 7.12. The lowest BCUT2D eigenvalue weighted by molar-refractivity contribution is -0.120. The van der Waals surface area contributed by atoms with Gasteiger partial charge < -0.3 is 25.4 Å². The first kappa shape index (κ1) is 34.1. The van der Waals surface area contributed by atoms with Crippen LogP contribution in [-0.4, -0.2) is 82.1 Å². The first-order valence-corrected chi connectivity index (χ1v) is 17.4. The van der Waals surface area contributed by atoms with Crippen LogP contribution in [0.15, 0.2) is 48.8 Å². The molecule has 2 unspecified atom stereocenters. The van der Waals surface area contributed by atoms with Crippen LogP contribution < -0.4 is 25.4 Å². The zero-order valence-electron chi connectivity index (χ0n) is 27.9. The summed E-state index contributed by atoms with van der Waals surface area (Å²) in [5.41, 5.74) is 5.17. The zero-order valence-corrected chi connectivity index (χ0v) is 29.4. The number of nitrogens with one attached hydrogen (secondary N) is 3. The van der Waals surface area contributed by atoms with Crippen molar-refractivity contribution in [3.63, 3.8) is 0 Å². The standard InChI is InChI=1S/C36H38Cl2N8O4/c1-49-34-28(16-39-15-21-9-10-30(47)42-21)40-17-26(43-34)24-7-3-5-22(32(24)37)23-6-4-8-25(33(23)38)27-18-41-29(35(44-27)50-2)19-46-14-13-36(20-46)12-11-31(48)45-36/h3-8,17-18,21,39H,9-16,19-20H2,1-2H3,(H,42,47)(H,45,48). The fourth-order valence-electron chi connectivity index (χ4n) is 7.07. The summed E-state index contributed by atoms with van der Waals surface area (Å²) in [7, 11) is 3.14. The van der Waals surface area contributed by atoms with Crippen LogP contribution in [0.4, 0.5) is 0 Å². The highest BCUT2D eigenvalue weighted by Gasteiger charge is 2.43. The van der Waals surface area contributed by atoms with Gasteiger partial charge in [-0.25, -0.2) is 9.97 Å². The summed E-state index contributed by atoms with van der Waals surface area (Å²) in [6.45, 7) is 3.28. The minimum Gasteiger partial charge on any atom is -0.480 e. The number of carbonyl (C=O) groups is 2. The summed E-state index contributed by atoms with van der Waals surface area (Å²) < 4.78 is 11.3. The van der Waals surface area contributed by atoms with Crippen LogP contribution in [0.1, 0.15) is 43.5 Å². The number of aromatic nitrogens is 4. The Kier molecular flexibility index (Phi) is 9.87. The van der Waals surface area contributed by atoms with Gasteiger partial charge in [-0.05, 0) is 19.3 Å². The highest BCUT2D eigenvalue weighted by Crippen LogP contribution is 2.42. The molecule has 12 nitrogen and oxygen atoms in total. The molecule has 7 rings (SSSR count). The van der Waals surface area contributed by atoms with Gasteiger partial charge in [0.15, 0.2) is 0 Å². The molecule has 5 heterocycles. The van der Waals surface area contributed by atoms with Crippen LogP contribution in [-0.2, 0) is 22.7 Å².